The second kappa shape index (κ2) is 7.49. The number of hydrogen-bond donors (Lipinski definition) is 1. The van der Waals surface area contributed by atoms with Crippen LogP contribution in [0.15, 0.2) is 53.4 Å². The standard InChI is InChI=1S/C18H21NO4S/c1-4-23-16-9-5-15(6-10-16)18(20)19-13(2)14-7-11-17(12-8-14)24(3,21)22/h5-13H,4H2,1-3H3,(H,19,20). The van der Waals surface area contributed by atoms with Gasteiger partial charge < -0.3 is 10.1 Å². The van der Waals surface area contributed by atoms with Gasteiger partial charge in [-0.05, 0) is 55.8 Å². The Morgan fingerprint density at radius 2 is 1.67 bits per heavy atom. The number of hydrogen-bond acceptors (Lipinski definition) is 4. The zero-order valence-corrected chi connectivity index (χ0v) is 14.8. The summed E-state index contributed by atoms with van der Waals surface area (Å²) in [7, 11) is -3.22. The van der Waals surface area contributed by atoms with Crippen molar-refractivity contribution >= 4 is 15.7 Å². The number of amides is 1. The van der Waals surface area contributed by atoms with Crippen LogP contribution < -0.4 is 10.1 Å². The minimum atomic E-state index is -3.22. The molecular weight excluding hydrogens is 326 g/mol. The van der Waals surface area contributed by atoms with Crippen molar-refractivity contribution in [1.82, 2.24) is 5.32 Å². The highest BCUT2D eigenvalue weighted by molar-refractivity contribution is 7.90. The maximum absolute atomic E-state index is 12.3. The molecule has 0 spiro atoms. The van der Waals surface area contributed by atoms with Gasteiger partial charge in [-0.25, -0.2) is 8.42 Å². The Bertz CT molecular complexity index is 796. The van der Waals surface area contributed by atoms with Gasteiger partial charge in [0.25, 0.3) is 5.91 Å². The molecule has 0 aliphatic heterocycles. The van der Waals surface area contributed by atoms with Crippen molar-refractivity contribution in [2.45, 2.75) is 24.8 Å². The molecule has 128 valence electrons. The zero-order chi connectivity index (χ0) is 17.7. The fraction of sp³-hybridized carbons (Fsp3) is 0.278. The largest absolute Gasteiger partial charge is 0.494 e. The molecular formula is C18H21NO4S. The van der Waals surface area contributed by atoms with Crippen LogP contribution in [0.2, 0.25) is 0 Å². The molecule has 0 radical (unpaired) electrons. The fourth-order valence-electron chi connectivity index (χ4n) is 2.24. The predicted molar refractivity (Wildman–Crippen MR) is 93.0 cm³/mol. The number of sulfone groups is 1. The van der Waals surface area contributed by atoms with Crippen LogP contribution in [0.25, 0.3) is 0 Å². The second-order valence-corrected chi connectivity index (χ2v) is 7.51. The Balaban J connectivity index is 2.05. The fourth-order valence-corrected chi connectivity index (χ4v) is 2.87. The van der Waals surface area contributed by atoms with Crippen LogP contribution in [0, 0.1) is 0 Å². The molecule has 1 amide bonds. The summed E-state index contributed by atoms with van der Waals surface area (Å²) in [6.07, 6.45) is 1.17. The molecule has 0 aliphatic rings. The zero-order valence-electron chi connectivity index (χ0n) is 13.9. The maximum atomic E-state index is 12.3. The van der Waals surface area contributed by atoms with Gasteiger partial charge in [-0.15, -0.1) is 0 Å². The number of carbonyl (C=O) groups excluding carboxylic acids is 1. The molecule has 1 atom stereocenters. The van der Waals surface area contributed by atoms with Crippen molar-refractivity contribution in [3.8, 4) is 5.75 Å². The molecule has 0 saturated carbocycles. The van der Waals surface area contributed by atoms with Crippen molar-refractivity contribution in [2.75, 3.05) is 12.9 Å². The summed E-state index contributed by atoms with van der Waals surface area (Å²) in [5.74, 6) is 0.524. The van der Waals surface area contributed by atoms with E-state index in [1.54, 1.807) is 48.5 Å². The smallest absolute Gasteiger partial charge is 0.251 e. The second-order valence-electron chi connectivity index (χ2n) is 5.49. The van der Waals surface area contributed by atoms with Gasteiger partial charge in [0.2, 0.25) is 0 Å². The van der Waals surface area contributed by atoms with Crippen LogP contribution in [-0.2, 0) is 9.84 Å². The Labute approximate surface area is 142 Å². The van der Waals surface area contributed by atoms with Gasteiger partial charge >= 0.3 is 0 Å². The summed E-state index contributed by atoms with van der Waals surface area (Å²) in [4.78, 5) is 12.5. The van der Waals surface area contributed by atoms with E-state index in [4.69, 9.17) is 4.74 Å². The Hall–Kier alpha value is -2.34. The van der Waals surface area contributed by atoms with E-state index in [9.17, 15) is 13.2 Å². The Morgan fingerprint density at radius 1 is 1.08 bits per heavy atom. The first-order chi connectivity index (χ1) is 11.3. The molecule has 1 N–H and O–H groups in total. The highest BCUT2D eigenvalue weighted by atomic mass is 32.2. The van der Waals surface area contributed by atoms with Crippen LogP contribution in [0.5, 0.6) is 5.75 Å². The van der Waals surface area contributed by atoms with Crippen LogP contribution >= 0.6 is 0 Å². The van der Waals surface area contributed by atoms with Crippen LogP contribution in [0.4, 0.5) is 0 Å². The van der Waals surface area contributed by atoms with Crippen molar-refractivity contribution in [2.24, 2.45) is 0 Å². The summed E-state index contributed by atoms with van der Waals surface area (Å²) in [6.45, 7) is 4.32. The molecule has 24 heavy (non-hydrogen) atoms. The molecule has 0 fully saturated rings. The third kappa shape index (κ3) is 4.58. The topological polar surface area (TPSA) is 72.5 Å². The molecule has 0 aliphatic carbocycles. The highest BCUT2D eigenvalue weighted by Gasteiger charge is 2.13. The summed E-state index contributed by atoms with van der Waals surface area (Å²) < 4.78 is 28.3. The predicted octanol–water partition coefficient (Wildman–Crippen LogP) is 2.98. The van der Waals surface area contributed by atoms with Gasteiger partial charge in [0.15, 0.2) is 9.84 Å². The van der Waals surface area contributed by atoms with E-state index in [0.29, 0.717) is 12.2 Å². The monoisotopic (exact) mass is 347 g/mol. The van der Waals surface area contributed by atoms with Crippen molar-refractivity contribution < 1.29 is 17.9 Å². The lowest BCUT2D eigenvalue weighted by molar-refractivity contribution is 0.0940. The normalized spacial score (nSPS) is 12.5. The van der Waals surface area contributed by atoms with E-state index in [-0.39, 0.29) is 16.8 Å². The Kier molecular flexibility index (Phi) is 5.62. The molecule has 2 rings (SSSR count). The highest BCUT2D eigenvalue weighted by Crippen LogP contribution is 2.17. The third-order valence-corrected chi connectivity index (χ3v) is 4.71. The van der Waals surface area contributed by atoms with Crippen molar-refractivity contribution in [3.05, 3.63) is 59.7 Å². The number of carbonyl (C=O) groups is 1. The summed E-state index contributed by atoms with van der Waals surface area (Å²) in [5.41, 5.74) is 1.37. The first-order valence-corrected chi connectivity index (χ1v) is 9.54. The molecule has 0 saturated heterocycles. The summed E-state index contributed by atoms with van der Waals surface area (Å²) in [6, 6.07) is 13.2. The van der Waals surface area contributed by atoms with E-state index >= 15 is 0 Å². The average Bonchev–Trinajstić information content (AvgIpc) is 2.55. The molecule has 0 heterocycles. The molecule has 2 aromatic carbocycles. The van der Waals surface area contributed by atoms with Crippen LogP contribution in [-0.4, -0.2) is 27.2 Å². The van der Waals surface area contributed by atoms with Gasteiger partial charge in [-0.1, -0.05) is 12.1 Å². The van der Waals surface area contributed by atoms with Gasteiger partial charge in [0, 0.05) is 11.8 Å². The molecule has 0 aromatic heterocycles. The lowest BCUT2D eigenvalue weighted by atomic mass is 10.1. The molecule has 0 bridgehead atoms. The van der Waals surface area contributed by atoms with E-state index < -0.39 is 9.84 Å². The number of nitrogens with one attached hydrogen (secondary N) is 1. The van der Waals surface area contributed by atoms with E-state index in [1.807, 2.05) is 13.8 Å². The van der Waals surface area contributed by atoms with Gasteiger partial charge in [0.1, 0.15) is 5.75 Å². The van der Waals surface area contributed by atoms with Gasteiger partial charge in [-0.3, -0.25) is 4.79 Å². The van der Waals surface area contributed by atoms with Gasteiger partial charge in [0.05, 0.1) is 17.5 Å². The van der Waals surface area contributed by atoms with Crippen LogP contribution in [0.3, 0.4) is 0 Å². The van der Waals surface area contributed by atoms with E-state index in [2.05, 4.69) is 5.32 Å². The number of rotatable bonds is 6. The average molecular weight is 347 g/mol. The molecule has 1 unspecified atom stereocenters. The minimum absolute atomic E-state index is 0.197. The molecule has 6 heteroatoms. The van der Waals surface area contributed by atoms with E-state index in [0.717, 1.165) is 11.3 Å². The SMILES string of the molecule is CCOc1ccc(C(=O)NC(C)c2ccc(S(C)(=O)=O)cc2)cc1. The summed E-state index contributed by atoms with van der Waals surface area (Å²) >= 11 is 0. The molecule has 5 nitrogen and oxygen atoms in total. The lowest BCUT2D eigenvalue weighted by Crippen LogP contribution is -2.26. The van der Waals surface area contributed by atoms with Crippen LogP contribution in [0.1, 0.15) is 35.8 Å². The first kappa shape index (κ1) is 18.0. The third-order valence-electron chi connectivity index (χ3n) is 3.58. The number of benzene rings is 2. The number of ether oxygens (including phenoxy) is 1. The van der Waals surface area contributed by atoms with Crippen molar-refractivity contribution in [3.63, 3.8) is 0 Å². The van der Waals surface area contributed by atoms with Gasteiger partial charge in [-0.2, -0.15) is 0 Å². The minimum Gasteiger partial charge on any atom is -0.494 e. The quantitative estimate of drug-likeness (QED) is 0.872. The first-order valence-electron chi connectivity index (χ1n) is 7.65. The lowest BCUT2D eigenvalue weighted by Gasteiger charge is -2.15. The van der Waals surface area contributed by atoms with E-state index in [1.165, 1.54) is 6.26 Å². The molecule has 2 aromatic rings. The maximum Gasteiger partial charge on any atom is 0.251 e. The Morgan fingerprint density at radius 3 is 2.17 bits per heavy atom. The summed E-state index contributed by atoms with van der Waals surface area (Å²) in [5, 5.41) is 2.89. The van der Waals surface area contributed by atoms with Crippen molar-refractivity contribution in [1.29, 1.82) is 0 Å².